The van der Waals surface area contributed by atoms with Gasteiger partial charge in [-0.3, -0.25) is 9.59 Å². The normalized spacial score (nSPS) is 13.2. The summed E-state index contributed by atoms with van der Waals surface area (Å²) in [4.78, 5) is 38.6. The molecular formula is C20H19NO4. The average molecular weight is 337 g/mol. The lowest BCUT2D eigenvalue weighted by atomic mass is 10.1. The number of ether oxygens (including phenoxy) is 1. The second-order valence-corrected chi connectivity index (χ2v) is 6.13. The minimum Gasteiger partial charge on any atom is -0.462 e. The lowest BCUT2D eigenvalue weighted by molar-refractivity contribution is 0.0505. The molecule has 0 saturated heterocycles. The van der Waals surface area contributed by atoms with Crippen molar-refractivity contribution in [2.75, 3.05) is 11.5 Å². The molecule has 5 nitrogen and oxygen atoms in total. The van der Waals surface area contributed by atoms with E-state index < -0.39 is 11.9 Å². The third kappa shape index (κ3) is 2.93. The Morgan fingerprint density at radius 3 is 2.40 bits per heavy atom. The molecule has 0 N–H and O–H groups in total. The molecule has 2 aromatic rings. The van der Waals surface area contributed by atoms with E-state index in [9.17, 15) is 14.4 Å². The van der Waals surface area contributed by atoms with Gasteiger partial charge in [0.25, 0.3) is 11.8 Å². The Morgan fingerprint density at radius 2 is 1.72 bits per heavy atom. The predicted molar refractivity (Wildman–Crippen MR) is 94.1 cm³/mol. The molecule has 128 valence electrons. The van der Waals surface area contributed by atoms with Crippen molar-refractivity contribution in [3.63, 3.8) is 0 Å². The lowest BCUT2D eigenvalue weighted by Gasteiger charge is -2.16. The molecule has 25 heavy (non-hydrogen) atoms. The first-order chi connectivity index (χ1) is 11.9. The quantitative estimate of drug-likeness (QED) is 0.631. The van der Waals surface area contributed by atoms with Crippen LogP contribution in [-0.4, -0.2) is 24.4 Å². The van der Waals surface area contributed by atoms with Crippen LogP contribution < -0.4 is 4.90 Å². The molecule has 0 unspecified atom stereocenters. The maximum absolute atomic E-state index is 12.8. The molecule has 0 saturated carbocycles. The van der Waals surface area contributed by atoms with E-state index in [0.29, 0.717) is 24.3 Å². The van der Waals surface area contributed by atoms with E-state index in [-0.39, 0.29) is 17.0 Å². The van der Waals surface area contributed by atoms with Crippen LogP contribution in [0.4, 0.5) is 5.69 Å². The topological polar surface area (TPSA) is 63.7 Å². The van der Waals surface area contributed by atoms with Crippen LogP contribution in [-0.2, 0) is 4.74 Å². The van der Waals surface area contributed by atoms with Gasteiger partial charge in [0.05, 0.1) is 29.0 Å². The van der Waals surface area contributed by atoms with E-state index in [1.165, 1.54) is 23.1 Å². The molecule has 0 atom stereocenters. The Morgan fingerprint density at radius 1 is 1.00 bits per heavy atom. The van der Waals surface area contributed by atoms with E-state index >= 15 is 0 Å². The number of anilines is 1. The smallest absolute Gasteiger partial charge is 0.338 e. The van der Waals surface area contributed by atoms with Gasteiger partial charge in [0.1, 0.15) is 0 Å². The predicted octanol–water partition coefficient (Wildman–Crippen LogP) is 3.67. The molecule has 0 radical (unpaired) electrons. The van der Waals surface area contributed by atoms with Crippen LogP contribution in [0.2, 0.25) is 0 Å². The first-order valence-corrected chi connectivity index (χ1v) is 8.21. The number of hydrogen-bond donors (Lipinski definition) is 0. The van der Waals surface area contributed by atoms with Gasteiger partial charge in [-0.1, -0.05) is 24.6 Å². The van der Waals surface area contributed by atoms with Gasteiger partial charge >= 0.3 is 5.97 Å². The van der Waals surface area contributed by atoms with Gasteiger partial charge in [0.15, 0.2) is 0 Å². The van der Waals surface area contributed by atoms with Gasteiger partial charge < -0.3 is 4.74 Å². The van der Waals surface area contributed by atoms with Gasteiger partial charge in [-0.2, -0.15) is 0 Å². The first-order valence-electron chi connectivity index (χ1n) is 8.21. The summed E-state index contributed by atoms with van der Waals surface area (Å²) in [5.41, 5.74) is 3.27. The fraction of sp³-hybridized carbons (Fsp3) is 0.250. The van der Waals surface area contributed by atoms with E-state index in [4.69, 9.17) is 4.74 Å². The maximum atomic E-state index is 12.8. The summed E-state index contributed by atoms with van der Waals surface area (Å²) in [5.74, 6) is -1.28. The highest BCUT2D eigenvalue weighted by Gasteiger charge is 2.37. The molecule has 0 fully saturated rings. The maximum Gasteiger partial charge on any atom is 0.338 e. The van der Waals surface area contributed by atoms with Crippen LogP contribution in [0.5, 0.6) is 0 Å². The highest BCUT2D eigenvalue weighted by atomic mass is 16.5. The van der Waals surface area contributed by atoms with Crippen molar-refractivity contribution in [2.24, 2.45) is 0 Å². The summed E-state index contributed by atoms with van der Waals surface area (Å²) in [7, 11) is 0. The zero-order valence-corrected chi connectivity index (χ0v) is 14.5. The Labute approximate surface area is 146 Å². The molecule has 2 amide bonds. The fourth-order valence-electron chi connectivity index (χ4n) is 2.92. The minimum atomic E-state index is -0.491. The third-order valence-corrected chi connectivity index (χ3v) is 4.15. The van der Waals surface area contributed by atoms with E-state index in [1.54, 1.807) is 6.07 Å². The number of hydrogen-bond acceptors (Lipinski definition) is 4. The summed E-state index contributed by atoms with van der Waals surface area (Å²) in [6, 6.07) is 10.0. The highest BCUT2D eigenvalue weighted by molar-refractivity contribution is 6.34. The molecule has 0 aromatic heterocycles. The van der Waals surface area contributed by atoms with E-state index in [1.807, 2.05) is 32.9 Å². The Balaban J connectivity index is 1.98. The third-order valence-electron chi connectivity index (χ3n) is 4.15. The van der Waals surface area contributed by atoms with E-state index in [0.717, 1.165) is 11.1 Å². The van der Waals surface area contributed by atoms with Crippen LogP contribution >= 0.6 is 0 Å². The van der Waals surface area contributed by atoms with Gasteiger partial charge in [0.2, 0.25) is 0 Å². The molecule has 3 rings (SSSR count). The van der Waals surface area contributed by atoms with Gasteiger partial charge in [-0.25, -0.2) is 9.69 Å². The number of esters is 1. The minimum absolute atomic E-state index is 0.232. The molecule has 1 aliphatic heterocycles. The zero-order valence-electron chi connectivity index (χ0n) is 14.5. The van der Waals surface area contributed by atoms with Crippen molar-refractivity contribution >= 4 is 23.5 Å². The number of amides is 2. The second kappa shape index (κ2) is 6.51. The van der Waals surface area contributed by atoms with Crippen molar-refractivity contribution in [3.05, 3.63) is 64.2 Å². The number of imide groups is 1. The zero-order chi connectivity index (χ0) is 18.1. The molecule has 1 aliphatic rings. The summed E-state index contributed by atoms with van der Waals surface area (Å²) in [6.45, 7) is 6.03. The Bertz CT molecular complexity index is 885. The van der Waals surface area contributed by atoms with Gasteiger partial charge in [-0.15, -0.1) is 0 Å². The number of fused-ring (bicyclic) bond motifs is 1. The molecule has 5 heteroatoms. The molecular weight excluding hydrogens is 318 g/mol. The second-order valence-electron chi connectivity index (χ2n) is 6.13. The first kappa shape index (κ1) is 16.9. The molecule has 2 aromatic carbocycles. The van der Waals surface area contributed by atoms with Crippen molar-refractivity contribution in [1.82, 2.24) is 0 Å². The summed E-state index contributed by atoms with van der Waals surface area (Å²) in [6.07, 6.45) is 0.717. The standard InChI is InChI=1S/C20H19NO4/c1-4-9-25-20(24)14-6-7-15-16(11-14)19(23)21(18(15)22)17-8-5-12(2)10-13(17)3/h5-8,10-11H,4,9H2,1-3H3. The molecule has 0 aliphatic carbocycles. The van der Waals surface area contributed by atoms with Crippen LogP contribution in [0, 0.1) is 13.8 Å². The van der Waals surface area contributed by atoms with Crippen LogP contribution in [0.25, 0.3) is 0 Å². The van der Waals surface area contributed by atoms with Gasteiger partial charge in [-0.05, 0) is 50.1 Å². The van der Waals surface area contributed by atoms with E-state index in [2.05, 4.69) is 0 Å². The Kier molecular flexibility index (Phi) is 4.40. The van der Waals surface area contributed by atoms with Crippen molar-refractivity contribution in [1.29, 1.82) is 0 Å². The molecule has 0 bridgehead atoms. The number of nitrogens with zero attached hydrogens (tertiary/aromatic N) is 1. The summed E-state index contributed by atoms with van der Waals surface area (Å²) >= 11 is 0. The lowest BCUT2D eigenvalue weighted by Crippen LogP contribution is -2.30. The summed E-state index contributed by atoms with van der Waals surface area (Å²) < 4.78 is 5.09. The number of rotatable bonds is 4. The van der Waals surface area contributed by atoms with Crippen LogP contribution in [0.15, 0.2) is 36.4 Å². The summed E-state index contributed by atoms with van der Waals surface area (Å²) in [5, 5.41) is 0. The van der Waals surface area contributed by atoms with Gasteiger partial charge in [0, 0.05) is 0 Å². The van der Waals surface area contributed by atoms with Crippen LogP contribution in [0.1, 0.15) is 55.5 Å². The highest BCUT2D eigenvalue weighted by Crippen LogP contribution is 2.31. The molecule has 0 spiro atoms. The number of benzene rings is 2. The van der Waals surface area contributed by atoms with Crippen molar-refractivity contribution < 1.29 is 19.1 Å². The number of aryl methyl sites for hydroxylation is 2. The van der Waals surface area contributed by atoms with Crippen molar-refractivity contribution in [2.45, 2.75) is 27.2 Å². The average Bonchev–Trinajstić information content (AvgIpc) is 2.84. The number of carbonyl (C=O) groups excluding carboxylic acids is 3. The monoisotopic (exact) mass is 337 g/mol. The molecule has 1 heterocycles. The SMILES string of the molecule is CCCOC(=O)c1ccc2c(c1)C(=O)N(c1ccc(C)cc1C)C2=O. The Hall–Kier alpha value is -2.95. The van der Waals surface area contributed by atoms with Crippen LogP contribution in [0.3, 0.4) is 0 Å². The fourth-order valence-corrected chi connectivity index (χ4v) is 2.92. The largest absolute Gasteiger partial charge is 0.462 e. The number of carbonyl (C=O) groups is 3. The van der Waals surface area contributed by atoms with Crippen molar-refractivity contribution in [3.8, 4) is 0 Å².